The highest BCUT2D eigenvalue weighted by molar-refractivity contribution is 5.10. The van der Waals surface area contributed by atoms with Crippen molar-refractivity contribution >= 4 is 0 Å². The topological polar surface area (TPSA) is 65.4 Å². The summed E-state index contributed by atoms with van der Waals surface area (Å²) in [5, 5.41) is 21.7. The van der Waals surface area contributed by atoms with E-state index >= 15 is 0 Å². The van der Waals surface area contributed by atoms with Crippen LogP contribution in [-0.4, -0.2) is 33.9 Å². The number of hydrogen-bond donors (Lipinski definition) is 3. The quantitative estimate of drug-likeness (QED) is 0.662. The van der Waals surface area contributed by atoms with Gasteiger partial charge in [0, 0.05) is 12.2 Å². The van der Waals surface area contributed by atoms with E-state index in [1.54, 1.807) is 0 Å². The third kappa shape index (κ3) is 3.27. The lowest BCUT2D eigenvalue weighted by Gasteiger charge is -2.29. The van der Waals surface area contributed by atoms with E-state index in [0.29, 0.717) is 13.0 Å². The minimum absolute atomic E-state index is 0.0776. The highest BCUT2D eigenvalue weighted by Gasteiger charge is 2.25. The summed E-state index contributed by atoms with van der Waals surface area (Å²) in [5.74, 6) is 0. The average Bonchev–Trinajstić information content (AvgIpc) is 2.32. The minimum Gasteiger partial charge on any atom is -0.394 e. The fourth-order valence-corrected chi connectivity index (χ4v) is 1.49. The fraction of sp³-hybridized carbons (Fsp3) is 0.583. The first-order valence-electron chi connectivity index (χ1n) is 5.55. The summed E-state index contributed by atoms with van der Waals surface area (Å²) >= 11 is 0. The molecule has 0 radical (unpaired) electrons. The van der Waals surface area contributed by atoms with Crippen LogP contribution in [0.4, 0.5) is 0 Å². The molecule has 0 aromatic carbocycles. The summed E-state index contributed by atoms with van der Waals surface area (Å²) in [5.41, 5.74) is 1.28. The molecule has 1 heterocycles. The Kier molecular flexibility index (Phi) is 4.86. The van der Waals surface area contributed by atoms with Gasteiger partial charge in [-0.3, -0.25) is 4.98 Å². The predicted octanol–water partition coefficient (Wildman–Crippen LogP) is 0.613. The number of hydrogen-bond acceptors (Lipinski definition) is 4. The van der Waals surface area contributed by atoms with Gasteiger partial charge in [-0.05, 0) is 25.5 Å². The van der Waals surface area contributed by atoms with Crippen LogP contribution in [0.25, 0.3) is 0 Å². The van der Waals surface area contributed by atoms with Gasteiger partial charge in [-0.2, -0.15) is 0 Å². The molecule has 1 rings (SSSR count). The number of rotatable bonds is 6. The Labute approximate surface area is 96.3 Å². The third-order valence-corrected chi connectivity index (χ3v) is 2.87. The van der Waals surface area contributed by atoms with Gasteiger partial charge in [-0.25, -0.2) is 0 Å². The van der Waals surface area contributed by atoms with Crippen molar-refractivity contribution in [3.63, 3.8) is 0 Å². The molecule has 0 spiro atoms. The van der Waals surface area contributed by atoms with E-state index in [-0.39, 0.29) is 13.2 Å². The molecule has 1 aromatic heterocycles. The van der Waals surface area contributed by atoms with Crippen molar-refractivity contribution in [2.75, 3.05) is 13.2 Å². The van der Waals surface area contributed by atoms with Gasteiger partial charge < -0.3 is 15.5 Å². The molecule has 0 fully saturated rings. The van der Waals surface area contributed by atoms with Crippen LogP contribution >= 0.6 is 0 Å². The lowest BCUT2D eigenvalue weighted by molar-refractivity contribution is 0.0861. The lowest BCUT2D eigenvalue weighted by atomic mass is 9.98. The average molecular weight is 224 g/mol. The molecular weight excluding hydrogens is 204 g/mol. The zero-order chi connectivity index (χ0) is 12.0. The number of aliphatic hydroxyl groups excluding tert-OH is 2. The van der Waals surface area contributed by atoms with Crippen molar-refractivity contribution in [3.8, 4) is 0 Å². The number of aromatic nitrogens is 1. The lowest BCUT2D eigenvalue weighted by Crippen LogP contribution is -2.50. The Bertz CT molecular complexity index is 316. The molecule has 0 unspecified atom stereocenters. The molecule has 0 saturated carbocycles. The van der Waals surface area contributed by atoms with Crippen LogP contribution in [-0.2, 0) is 6.54 Å². The van der Waals surface area contributed by atoms with Gasteiger partial charge in [0.25, 0.3) is 0 Å². The maximum atomic E-state index is 9.27. The van der Waals surface area contributed by atoms with Gasteiger partial charge in [-0.15, -0.1) is 0 Å². The molecule has 3 N–H and O–H groups in total. The molecule has 0 saturated heterocycles. The summed E-state index contributed by atoms with van der Waals surface area (Å²) in [4.78, 5) is 4.35. The molecule has 0 aliphatic heterocycles. The van der Waals surface area contributed by atoms with Crippen LogP contribution in [0.15, 0.2) is 18.2 Å². The molecule has 1 aromatic rings. The molecular formula is C12H20N2O2. The van der Waals surface area contributed by atoms with Crippen molar-refractivity contribution in [1.29, 1.82) is 0 Å². The number of aliphatic hydroxyl groups is 2. The molecule has 0 aliphatic carbocycles. The maximum Gasteiger partial charge on any atom is 0.0648 e. The second-order valence-corrected chi connectivity index (χ2v) is 4.07. The second kappa shape index (κ2) is 5.94. The van der Waals surface area contributed by atoms with Gasteiger partial charge in [0.15, 0.2) is 0 Å². The summed E-state index contributed by atoms with van der Waals surface area (Å²) in [6, 6.07) is 5.81. The second-order valence-electron chi connectivity index (χ2n) is 4.07. The standard InChI is InChI=1S/C12H20N2O2/c1-3-12(8-15,9-16)13-7-11-6-4-5-10(2)14-11/h4-6,13,15-16H,3,7-9H2,1-2H3. The highest BCUT2D eigenvalue weighted by atomic mass is 16.3. The van der Waals surface area contributed by atoms with Crippen molar-refractivity contribution in [1.82, 2.24) is 10.3 Å². The smallest absolute Gasteiger partial charge is 0.0648 e. The Morgan fingerprint density at radius 3 is 2.50 bits per heavy atom. The van der Waals surface area contributed by atoms with E-state index in [2.05, 4.69) is 10.3 Å². The zero-order valence-corrected chi connectivity index (χ0v) is 9.90. The van der Waals surface area contributed by atoms with Crippen molar-refractivity contribution < 1.29 is 10.2 Å². The normalized spacial score (nSPS) is 11.8. The summed E-state index contributed by atoms with van der Waals surface area (Å²) < 4.78 is 0. The first-order valence-corrected chi connectivity index (χ1v) is 5.55. The van der Waals surface area contributed by atoms with Gasteiger partial charge in [0.05, 0.1) is 24.4 Å². The van der Waals surface area contributed by atoms with E-state index in [1.165, 1.54) is 0 Å². The monoisotopic (exact) mass is 224 g/mol. The Balaban J connectivity index is 2.62. The van der Waals surface area contributed by atoms with E-state index in [1.807, 2.05) is 32.0 Å². The summed E-state index contributed by atoms with van der Waals surface area (Å²) in [7, 11) is 0. The van der Waals surface area contributed by atoms with Crippen LogP contribution in [0.2, 0.25) is 0 Å². The zero-order valence-electron chi connectivity index (χ0n) is 9.90. The van der Waals surface area contributed by atoms with Crippen molar-refractivity contribution in [2.24, 2.45) is 0 Å². The molecule has 0 bridgehead atoms. The fourth-order valence-electron chi connectivity index (χ4n) is 1.49. The minimum atomic E-state index is -0.606. The molecule has 4 heteroatoms. The third-order valence-electron chi connectivity index (χ3n) is 2.87. The number of nitrogens with zero attached hydrogens (tertiary/aromatic N) is 1. The van der Waals surface area contributed by atoms with Crippen LogP contribution < -0.4 is 5.32 Å². The molecule has 0 amide bonds. The Hall–Kier alpha value is -0.970. The number of nitrogens with one attached hydrogen (secondary N) is 1. The first kappa shape index (κ1) is 13.1. The van der Waals surface area contributed by atoms with Gasteiger partial charge in [-0.1, -0.05) is 13.0 Å². The summed E-state index contributed by atoms with van der Waals surface area (Å²) in [6.07, 6.45) is 0.672. The Morgan fingerprint density at radius 2 is 2.00 bits per heavy atom. The van der Waals surface area contributed by atoms with E-state index < -0.39 is 5.54 Å². The molecule has 16 heavy (non-hydrogen) atoms. The van der Waals surface area contributed by atoms with Crippen molar-refractivity contribution in [3.05, 3.63) is 29.6 Å². The van der Waals surface area contributed by atoms with E-state index in [9.17, 15) is 10.2 Å². The van der Waals surface area contributed by atoms with Gasteiger partial charge in [0.2, 0.25) is 0 Å². The van der Waals surface area contributed by atoms with Crippen LogP contribution in [0, 0.1) is 6.92 Å². The molecule has 0 aliphatic rings. The summed E-state index contributed by atoms with van der Waals surface area (Å²) in [6.45, 7) is 4.27. The van der Waals surface area contributed by atoms with E-state index in [0.717, 1.165) is 11.4 Å². The SMILES string of the molecule is CCC(CO)(CO)NCc1cccc(C)n1. The number of pyridine rings is 1. The maximum absolute atomic E-state index is 9.27. The van der Waals surface area contributed by atoms with Gasteiger partial charge in [0.1, 0.15) is 0 Å². The van der Waals surface area contributed by atoms with Crippen LogP contribution in [0.5, 0.6) is 0 Å². The van der Waals surface area contributed by atoms with Crippen molar-refractivity contribution in [2.45, 2.75) is 32.4 Å². The van der Waals surface area contributed by atoms with Crippen LogP contribution in [0.1, 0.15) is 24.7 Å². The molecule has 0 atom stereocenters. The largest absolute Gasteiger partial charge is 0.394 e. The predicted molar refractivity (Wildman–Crippen MR) is 63.0 cm³/mol. The first-order chi connectivity index (χ1) is 7.65. The van der Waals surface area contributed by atoms with Crippen LogP contribution in [0.3, 0.4) is 0 Å². The van der Waals surface area contributed by atoms with E-state index in [4.69, 9.17) is 0 Å². The van der Waals surface area contributed by atoms with Gasteiger partial charge >= 0.3 is 0 Å². The molecule has 90 valence electrons. The highest BCUT2D eigenvalue weighted by Crippen LogP contribution is 2.09. The Morgan fingerprint density at radius 1 is 1.31 bits per heavy atom. The molecule has 4 nitrogen and oxygen atoms in total. The number of aryl methyl sites for hydroxylation is 1.